The van der Waals surface area contributed by atoms with Crippen LogP contribution in [0.4, 0.5) is 11.6 Å². The van der Waals surface area contributed by atoms with Crippen LogP contribution in [0.1, 0.15) is 45.9 Å². The maximum atomic E-state index is 4.69. The SMILES string of the molecule is CCc1nc(NC)cc(N2CCC(CC)(CC)C2)n1. The zero-order valence-corrected chi connectivity index (χ0v) is 12.7. The molecule has 0 amide bonds. The second-order valence-electron chi connectivity index (χ2n) is 5.51. The average Bonchev–Trinajstić information content (AvgIpc) is 2.92. The van der Waals surface area contributed by atoms with Crippen LogP contribution < -0.4 is 10.2 Å². The molecule has 0 unspecified atom stereocenters. The van der Waals surface area contributed by atoms with Gasteiger partial charge in [0, 0.05) is 32.6 Å². The highest BCUT2D eigenvalue weighted by Crippen LogP contribution is 2.38. The third-order valence-corrected chi connectivity index (χ3v) is 4.59. The first-order valence-electron chi connectivity index (χ1n) is 7.47. The van der Waals surface area contributed by atoms with Gasteiger partial charge in [-0.25, -0.2) is 9.97 Å². The van der Waals surface area contributed by atoms with Crippen LogP contribution in [0.3, 0.4) is 0 Å². The lowest BCUT2D eigenvalue weighted by atomic mass is 9.82. The smallest absolute Gasteiger partial charge is 0.134 e. The molecule has 0 aliphatic carbocycles. The fourth-order valence-corrected chi connectivity index (χ4v) is 2.89. The molecule has 0 spiro atoms. The zero-order chi connectivity index (χ0) is 13.9. The summed E-state index contributed by atoms with van der Waals surface area (Å²) in [7, 11) is 1.91. The molecule has 1 aliphatic heterocycles. The van der Waals surface area contributed by atoms with Crippen LogP contribution in [-0.2, 0) is 6.42 Å². The van der Waals surface area contributed by atoms with E-state index in [1.54, 1.807) is 0 Å². The van der Waals surface area contributed by atoms with Crippen LogP contribution in [0.25, 0.3) is 0 Å². The van der Waals surface area contributed by atoms with Crippen LogP contribution in [0, 0.1) is 5.41 Å². The van der Waals surface area contributed by atoms with E-state index in [1.165, 1.54) is 19.3 Å². The Morgan fingerprint density at radius 2 is 2.00 bits per heavy atom. The van der Waals surface area contributed by atoms with Gasteiger partial charge in [0.1, 0.15) is 17.5 Å². The maximum absolute atomic E-state index is 4.69. The number of hydrogen-bond donors (Lipinski definition) is 1. The first kappa shape index (κ1) is 14.1. The van der Waals surface area contributed by atoms with Gasteiger partial charge in [0.15, 0.2) is 0 Å². The van der Waals surface area contributed by atoms with E-state index < -0.39 is 0 Å². The lowest BCUT2D eigenvalue weighted by molar-refractivity contribution is 0.301. The third-order valence-electron chi connectivity index (χ3n) is 4.59. The molecule has 0 bridgehead atoms. The van der Waals surface area contributed by atoms with Crippen LogP contribution in [0.5, 0.6) is 0 Å². The molecular weight excluding hydrogens is 236 g/mol. The van der Waals surface area contributed by atoms with Crippen molar-refractivity contribution >= 4 is 11.6 Å². The first-order chi connectivity index (χ1) is 9.16. The number of aryl methyl sites for hydroxylation is 1. The van der Waals surface area contributed by atoms with E-state index in [1.807, 2.05) is 7.05 Å². The quantitative estimate of drug-likeness (QED) is 0.885. The highest BCUT2D eigenvalue weighted by atomic mass is 15.2. The van der Waals surface area contributed by atoms with Gasteiger partial charge in [-0.2, -0.15) is 0 Å². The molecule has 1 N–H and O–H groups in total. The monoisotopic (exact) mass is 262 g/mol. The molecule has 1 fully saturated rings. The van der Waals surface area contributed by atoms with E-state index in [0.717, 1.165) is 37.0 Å². The Morgan fingerprint density at radius 1 is 1.26 bits per heavy atom. The molecule has 0 aromatic carbocycles. The average molecular weight is 262 g/mol. The molecule has 19 heavy (non-hydrogen) atoms. The highest BCUT2D eigenvalue weighted by molar-refractivity contribution is 5.50. The van der Waals surface area contributed by atoms with E-state index >= 15 is 0 Å². The summed E-state index contributed by atoms with van der Waals surface area (Å²) in [5.74, 6) is 2.93. The number of rotatable bonds is 5. The van der Waals surface area contributed by atoms with Gasteiger partial charge in [-0.3, -0.25) is 0 Å². The van der Waals surface area contributed by atoms with Gasteiger partial charge in [-0.15, -0.1) is 0 Å². The number of hydrogen-bond acceptors (Lipinski definition) is 4. The third kappa shape index (κ3) is 2.82. The summed E-state index contributed by atoms with van der Waals surface area (Å²) in [6, 6.07) is 2.07. The van der Waals surface area contributed by atoms with Crippen molar-refractivity contribution in [1.29, 1.82) is 0 Å². The Kier molecular flexibility index (Phi) is 4.27. The van der Waals surface area contributed by atoms with Crippen molar-refractivity contribution in [1.82, 2.24) is 9.97 Å². The van der Waals surface area contributed by atoms with Gasteiger partial charge < -0.3 is 10.2 Å². The van der Waals surface area contributed by atoms with Crippen molar-refractivity contribution in [3.05, 3.63) is 11.9 Å². The predicted octanol–water partition coefficient (Wildman–Crippen LogP) is 3.10. The summed E-state index contributed by atoms with van der Waals surface area (Å²) >= 11 is 0. The second-order valence-corrected chi connectivity index (χ2v) is 5.51. The molecule has 0 saturated carbocycles. The Hall–Kier alpha value is -1.32. The van der Waals surface area contributed by atoms with Gasteiger partial charge in [-0.05, 0) is 24.7 Å². The summed E-state index contributed by atoms with van der Waals surface area (Å²) in [5, 5.41) is 3.14. The van der Waals surface area contributed by atoms with Crippen LogP contribution in [-0.4, -0.2) is 30.1 Å². The number of aromatic nitrogens is 2. The molecule has 2 heterocycles. The highest BCUT2D eigenvalue weighted by Gasteiger charge is 2.35. The second kappa shape index (κ2) is 5.76. The largest absolute Gasteiger partial charge is 0.373 e. The van der Waals surface area contributed by atoms with Crippen molar-refractivity contribution in [2.75, 3.05) is 30.4 Å². The number of nitrogens with one attached hydrogen (secondary N) is 1. The molecular formula is C15H26N4. The fraction of sp³-hybridized carbons (Fsp3) is 0.733. The first-order valence-corrected chi connectivity index (χ1v) is 7.47. The topological polar surface area (TPSA) is 41.1 Å². The maximum Gasteiger partial charge on any atom is 0.134 e. The van der Waals surface area contributed by atoms with Crippen molar-refractivity contribution in [3.63, 3.8) is 0 Å². The molecule has 4 heteroatoms. The zero-order valence-electron chi connectivity index (χ0n) is 12.7. The van der Waals surface area contributed by atoms with Crippen molar-refractivity contribution in [3.8, 4) is 0 Å². The standard InChI is InChI=1S/C15H26N4/c1-5-12-17-13(16-4)10-14(18-12)19-9-8-15(6-2,7-3)11-19/h10H,5-9,11H2,1-4H3,(H,16,17,18). The molecule has 0 radical (unpaired) electrons. The Balaban J connectivity index is 2.23. The van der Waals surface area contributed by atoms with Crippen LogP contribution >= 0.6 is 0 Å². The molecule has 1 saturated heterocycles. The van der Waals surface area contributed by atoms with E-state index in [0.29, 0.717) is 5.41 Å². The van der Waals surface area contributed by atoms with Crippen molar-refractivity contribution in [2.45, 2.75) is 46.5 Å². The normalized spacial score (nSPS) is 17.8. The van der Waals surface area contributed by atoms with E-state index in [2.05, 4.69) is 42.0 Å². The van der Waals surface area contributed by atoms with E-state index in [9.17, 15) is 0 Å². The summed E-state index contributed by atoms with van der Waals surface area (Å²) in [4.78, 5) is 11.6. The van der Waals surface area contributed by atoms with Crippen molar-refractivity contribution in [2.24, 2.45) is 5.41 Å². The minimum atomic E-state index is 0.483. The van der Waals surface area contributed by atoms with E-state index in [-0.39, 0.29) is 0 Å². The molecule has 0 atom stereocenters. The molecule has 4 nitrogen and oxygen atoms in total. The van der Waals surface area contributed by atoms with E-state index in [4.69, 9.17) is 4.98 Å². The number of anilines is 2. The van der Waals surface area contributed by atoms with Gasteiger partial charge >= 0.3 is 0 Å². The number of nitrogens with zero attached hydrogens (tertiary/aromatic N) is 3. The minimum absolute atomic E-state index is 0.483. The summed E-state index contributed by atoms with van der Waals surface area (Å²) in [5.41, 5.74) is 0.483. The van der Waals surface area contributed by atoms with Gasteiger partial charge in [0.25, 0.3) is 0 Å². The lowest BCUT2D eigenvalue weighted by Gasteiger charge is -2.27. The minimum Gasteiger partial charge on any atom is -0.373 e. The van der Waals surface area contributed by atoms with Crippen molar-refractivity contribution < 1.29 is 0 Å². The molecule has 1 aromatic rings. The summed E-state index contributed by atoms with van der Waals surface area (Å²) in [6.45, 7) is 8.96. The molecule has 106 valence electrons. The molecule has 1 aromatic heterocycles. The Bertz CT molecular complexity index is 404. The Labute approximate surface area is 116 Å². The summed E-state index contributed by atoms with van der Waals surface area (Å²) < 4.78 is 0. The Morgan fingerprint density at radius 3 is 2.53 bits per heavy atom. The fourth-order valence-electron chi connectivity index (χ4n) is 2.89. The molecule has 2 rings (SSSR count). The van der Waals surface area contributed by atoms with Gasteiger partial charge in [-0.1, -0.05) is 20.8 Å². The summed E-state index contributed by atoms with van der Waals surface area (Å²) in [6.07, 6.45) is 4.67. The van der Waals surface area contributed by atoms with Crippen LogP contribution in [0.2, 0.25) is 0 Å². The van der Waals surface area contributed by atoms with Gasteiger partial charge in [0.2, 0.25) is 0 Å². The van der Waals surface area contributed by atoms with Crippen LogP contribution in [0.15, 0.2) is 6.07 Å². The lowest BCUT2D eigenvalue weighted by Crippen LogP contribution is -2.27. The predicted molar refractivity (Wildman–Crippen MR) is 80.8 cm³/mol. The molecule has 1 aliphatic rings. The van der Waals surface area contributed by atoms with Gasteiger partial charge in [0.05, 0.1) is 0 Å².